The maximum atomic E-state index is 13.6. The molecule has 2 aliphatic heterocycles. The Balaban J connectivity index is 1.71. The van der Waals surface area contributed by atoms with Crippen LogP contribution in [0.5, 0.6) is 17.2 Å². The van der Waals surface area contributed by atoms with E-state index in [1.807, 2.05) is 39.0 Å². The second-order valence-corrected chi connectivity index (χ2v) is 11.9. The lowest BCUT2D eigenvalue weighted by Gasteiger charge is -2.29. The van der Waals surface area contributed by atoms with Crippen LogP contribution in [-0.4, -0.2) is 85.8 Å². The van der Waals surface area contributed by atoms with E-state index in [4.69, 9.17) is 18.9 Å². The minimum atomic E-state index is -0.783. The molecule has 9 nitrogen and oxygen atoms in total. The average molecular weight is 595 g/mol. The number of rotatable bonds is 13. The molecule has 0 saturated carbocycles. The van der Waals surface area contributed by atoms with Gasteiger partial charge in [0.15, 0.2) is 11.5 Å². The quantitative estimate of drug-likeness (QED) is 0.188. The second kappa shape index (κ2) is 14.8. The zero-order valence-corrected chi connectivity index (χ0v) is 26.4. The molecular formula is C34H46N2O7. The number of methoxy groups -OCH3 is 1. The van der Waals surface area contributed by atoms with E-state index in [2.05, 4.69) is 18.7 Å². The van der Waals surface area contributed by atoms with Gasteiger partial charge in [-0.3, -0.25) is 14.5 Å². The average Bonchev–Trinajstić information content (AvgIpc) is 3.22. The Bertz CT molecular complexity index is 1310. The van der Waals surface area contributed by atoms with Crippen LogP contribution in [0.15, 0.2) is 42.0 Å². The van der Waals surface area contributed by atoms with Crippen LogP contribution in [0.1, 0.15) is 63.3 Å². The summed E-state index contributed by atoms with van der Waals surface area (Å²) in [6.45, 7) is 14.8. The highest BCUT2D eigenvalue weighted by molar-refractivity contribution is 6.46. The van der Waals surface area contributed by atoms with Crippen molar-refractivity contribution in [3.05, 3.63) is 58.7 Å². The fraction of sp³-hybridized carbons (Fsp3) is 0.529. The number of nitrogens with zero attached hydrogens (tertiary/aromatic N) is 2. The summed E-state index contributed by atoms with van der Waals surface area (Å²) < 4.78 is 22.9. The highest BCUT2D eigenvalue weighted by Gasteiger charge is 2.46. The molecule has 0 aromatic heterocycles. The molecule has 43 heavy (non-hydrogen) atoms. The van der Waals surface area contributed by atoms with E-state index < -0.39 is 17.7 Å². The van der Waals surface area contributed by atoms with E-state index >= 15 is 0 Å². The van der Waals surface area contributed by atoms with Gasteiger partial charge in [0, 0.05) is 31.7 Å². The van der Waals surface area contributed by atoms with Gasteiger partial charge in [-0.25, -0.2) is 0 Å². The zero-order valence-electron chi connectivity index (χ0n) is 26.4. The van der Waals surface area contributed by atoms with Gasteiger partial charge in [0.2, 0.25) is 0 Å². The molecule has 2 aromatic rings. The molecule has 0 radical (unpaired) electrons. The Morgan fingerprint density at radius 3 is 2.42 bits per heavy atom. The summed E-state index contributed by atoms with van der Waals surface area (Å²) in [6, 6.07) is 10.0. The lowest BCUT2D eigenvalue weighted by molar-refractivity contribution is -0.140. The van der Waals surface area contributed by atoms with E-state index in [0.717, 1.165) is 31.6 Å². The predicted molar refractivity (Wildman–Crippen MR) is 166 cm³/mol. The summed E-state index contributed by atoms with van der Waals surface area (Å²) in [7, 11) is 1.57. The third-order valence-corrected chi connectivity index (χ3v) is 7.80. The van der Waals surface area contributed by atoms with Crippen molar-refractivity contribution in [2.45, 2.75) is 59.6 Å². The van der Waals surface area contributed by atoms with Crippen molar-refractivity contribution in [2.24, 2.45) is 5.92 Å². The SMILES string of the molecule is COc1cc(C2/C(=C(\O)c3ccc(OC(C)C)cc3C)C(=O)C(=O)N2CCCN2CCOCC2)ccc1OCCC(C)C. The standard InChI is InChI=1S/C34H46N2O7/c1-22(2)12-17-42-28-11-8-25(21-29(28)40-6)31-30(32(37)27-10-9-26(20-24(27)5)43-23(3)4)33(38)34(39)36(31)14-7-13-35-15-18-41-19-16-35/h8-11,20-23,31,37H,7,12-19H2,1-6H3/b32-30+. The molecule has 0 bridgehead atoms. The number of carbonyl (C=O) groups is 2. The van der Waals surface area contributed by atoms with E-state index in [1.165, 1.54) is 0 Å². The highest BCUT2D eigenvalue weighted by Crippen LogP contribution is 2.42. The van der Waals surface area contributed by atoms with Crippen molar-refractivity contribution in [2.75, 3.05) is 53.1 Å². The predicted octanol–water partition coefficient (Wildman–Crippen LogP) is 5.36. The Hall–Kier alpha value is -3.56. The molecule has 1 unspecified atom stereocenters. The van der Waals surface area contributed by atoms with Gasteiger partial charge in [-0.2, -0.15) is 0 Å². The van der Waals surface area contributed by atoms with E-state index in [1.54, 1.807) is 30.2 Å². The maximum Gasteiger partial charge on any atom is 0.295 e. The molecule has 4 rings (SSSR count). The van der Waals surface area contributed by atoms with Gasteiger partial charge < -0.3 is 29.0 Å². The molecule has 1 amide bonds. The molecule has 2 saturated heterocycles. The summed E-state index contributed by atoms with van der Waals surface area (Å²) in [4.78, 5) is 31.0. The summed E-state index contributed by atoms with van der Waals surface area (Å²) in [5.74, 6) is 0.733. The second-order valence-electron chi connectivity index (χ2n) is 11.9. The summed E-state index contributed by atoms with van der Waals surface area (Å²) in [6.07, 6.45) is 1.57. The van der Waals surface area contributed by atoms with Gasteiger partial charge >= 0.3 is 0 Å². The first-order valence-electron chi connectivity index (χ1n) is 15.3. The molecule has 2 heterocycles. The Labute approximate surface area is 255 Å². The largest absolute Gasteiger partial charge is 0.507 e. The number of carbonyl (C=O) groups excluding carboxylic acids is 2. The van der Waals surface area contributed by atoms with Crippen LogP contribution in [0.25, 0.3) is 5.76 Å². The smallest absolute Gasteiger partial charge is 0.295 e. The number of ketones is 1. The molecule has 1 atom stereocenters. The monoisotopic (exact) mass is 594 g/mol. The summed E-state index contributed by atoms with van der Waals surface area (Å²) in [5.41, 5.74) is 1.94. The van der Waals surface area contributed by atoms with Crippen molar-refractivity contribution >= 4 is 17.4 Å². The molecular weight excluding hydrogens is 548 g/mol. The number of Topliss-reactive ketones (excluding diaryl/α,β-unsaturated/α-hetero) is 1. The van der Waals surface area contributed by atoms with Crippen LogP contribution in [0.3, 0.4) is 0 Å². The first kappa shape index (κ1) is 32.4. The van der Waals surface area contributed by atoms with E-state index in [-0.39, 0.29) is 17.4 Å². The fourth-order valence-electron chi connectivity index (χ4n) is 5.52. The van der Waals surface area contributed by atoms with Gasteiger partial charge in [-0.05, 0) is 81.0 Å². The van der Waals surface area contributed by atoms with Crippen LogP contribution in [0.4, 0.5) is 0 Å². The third kappa shape index (κ3) is 7.89. The first-order chi connectivity index (χ1) is 20.6. The minimum Gasteiger partial charge on any atom is -0.507 e. The Kier molecular flexibility index (Phi) is 11.1. The van der Waals surface area contributed by atoms with Gasteiger partial charge in [-0.15, -0.1) is 0 Å². The zero-order chi connectivity index (χ0) is 31.1. The van der Waals surface area contributed by atoms with Crippen LogP contribution in [-0.2, 0) is 14.3 Å². The number of hydrogen-bond acceptors (Lipinski definition) is 8. The molecule has 0 spiro atoms. The topological polar surface area (TPSA) is 97.8 Å². The summed E-state index contributed by atoms with van der Waals surface area (Å²) >= 11 is 0. The molecule has 2 aliphatic rings. The van der Waals surface area contributed by atoms with Crippen LogP contribution >= 0.6 is 0 Å². The maximum absolute atomic E-state index is 13.6. The molecule has 1 N–H and O–H groups in total. The fourth-order valence-corrected chi connectivity index (χ4v) is 5.52. The minimum absolute atomic E-state index is 0.00561. The lowest BCUT2D eigenvalue weighted by atomic mass is 9.93. The van der Waals surface area contributed by atoms with Crippen LogP contribution in [0, 0.1) is 12.8 Å². The number of aryl methyl sites for hydroxylation is 1. The van der Waals surface area contributed by atoms with Crippen molar-refractivity contribution in [1.82, 2.24) is 9.80 Å². The lowest BCUT2D eigenvalue weighted by Crippen LogP contribution is -2.39. The normalized spacial score (nSPS) is 19.0. The molecule has 2 fully saturated rings. The third-order valence-electron chi connectivity index (χ3n) is 7.80. The van der Waals surface area contributed by atoms with Gasteiger partial charge in [0.05, 0.1) is 44.6 Å². The number of morpholine rings is 1. The van der Waals surface area contributed by atoms with Gasteiger partial charge in [0.25, 0.3) is 11.7 Å². The first-order valence-corrected chi connectivity index (χ1v) is 15.3. The van der Waals surface area contributed by atoms with Crippen molar-refractivity contribution in [3.8, 4) is 17.2 Å². The number of likely N-dealkylation sites (tertiary alicyclic amines) is 1. The van der Waals surface area contributed by atoms with E-state index in [9.17, 15) is 14.7 Å². The van der Waals surface area contributed by atoms with Gasteiger partial charge in [0.1, 0.15) is 11.5 Å². The number of amides is 1. The van der Waals surface area contributed by atoms with Crippen molar-refractivity contribution in [3.63, 3.8) is 0 Å². The van der Waals surface area contributed by atoms with Crippen molar-refractivity contribution in [1.29, 1.82) is 0 Å². The molecule has 2 aromatic carbocycles. The number of aliphatic hydroxyl groups is 1. The summed E-state index contributed by atoms with van der Waals surface area (Å²) in [5, 5.41) is 11.7. The highest BCUT2D eigenvalue weighted by atomic mass is 16.5. The van der Waals surface area contributed by atoms with E-state index in [0.29, 0.717) is 67.1 Å². The Morgan fingerprint density at radius 1 is 1.02 bits per heavy atom. The van der Waals surface area contributed by atoms with Crippen LogP contribution < -0.4 is 14.2 Å². The Morgan fingerprint density at radius 2 is 1.77 bits per heavy atom. The van der Waals surface area contributed by atoms with Crippen molar-refractivity contribution < 1.29 is 33.6 Å². The van der Waals surface area contributed by atoms with Gasteiger partial charge in [-0.1, -0.05) is 19.9 Å². The number of hydrogen-bond donors (Lipinski definition) is 1. The molecule has 9 heteroatoms. The number of aliphatic hydroxyl groups excluding tert-OH is 1. The molecule has 0 aliphatic carbocycles. The van der Waals surface area contributed by atoms with Crippen LogP contribution in [0.2, 0.25) is 0 Å². The number of ether oxygens (including phenoxy) is 4. The molecule has 234 valence electrons. The number of benzene rings is 2.